The van der Waals surface area contributed by atoms with Gasteiger partial charge >= 0.3 is 0 Å². The fourth-order valence-corrected chi connectivity index (χ4v) is 4.68. The van der Waals surface area contributed by atoms with Gasteiger partial charge in [0, 0.05) is 37.7 Å². The van der Waals surface area contributed by atoms with Crippen LogP contribution in [-0.4, -0.2) is 56.7 Å². The molecule has 0 saturated carbocycles. The standard InChI is InChI=1S/C29H34N6O/c1-6-21(4)26-30-27(25-22(5)32-35(28(25)31-26)24-13-9-20(3)10-14-24)33-15-17-34(18-16-33)29(36)23-11-7-19(2)8-12-23/h7-14,21H,6,15-18H2,1-5H3/t21-/m1/s1. The Kier molecular flexibility index (Phi) is 6.48. The minimum absolute atomic E-state index is 0.0890. The summed E-state index contributed by atoms with van der Waals surface area (Å²) in [5, 5.41) is 5.87. The maximum atomic E-state index is 13.1. The minimum atomic E-state index is 0.0890. The monoisotopic (exact) mass is 482 g/mol. The number of hydrogen-bond acceptors (Lipinski definition) is 5. The lowest BCUT2D eigenvalue weighted by molar-refractivity contribution is 0.0746. The summed E-state index contributed by atoms with van der Waals surface area (Å²) in [4.78, 5) is 27.4. The number of amides is 1. The van der Waals surface area contributed by atoms with E-state index in [1.807, 2.05) is 47.7 Å². The van der Waals surface area contributed by atoms with Crippen molar-refractivity contribution >= 4 is 22.8 Å². The molecule has 5 rings (SSSR count). The van der Waals surface area contributed by atoms with Crippen molar-refractivity contribution in [3.8, 4) is 5.69 Å². The highest BCUT2D eigenvalue weighted by atomic mass is 16.2. The molecule has 3 heterocycles. The molecule has 2 aromatic heterocycles. The summed E-state index contributed by atoms with van der Waals surface area (Å²) in [5.41, 5.74) is 5.85. The van der Waals surface area contributed by atoms with Crippen LogP contribution in [-0.2, 0) is 0 Å². The van der Waals surface area contributed by atoms with Gasteiger partial charge in [-0.05, 0) is 51.5 Å². The Morgan fingerprint density at radius 2 is 1.50 bits per heavy atom. The fraction of sp³-hybridized carbons (Fsp3) is 0.379. The number of piperazine rings is 1. The zero-order valence-corrected chi connectivity index (χ0v) is 21.8. The van der Waals surface area contributed by atoms with Gasteiger partial charge in [-0.25, -0.2) is 14.6 Å². The summed E-state index contributed by atoms with van der Waals surface area (Å²) >= 11 is 0. The molecular formula is C29H34N6O. The molecule has 1 aliphatic heterocycles. The number of fused-ring (bicyclic) bond motifs is 1. The second kappa shape index (κ2) is 9.72. The van der Waals surface area contributed by atoms with Crippen molar-refractivity contribution in [3.63, 3.8) is 0 Å². The van der Waals surface area contributed by atoms with E-state index in [4.69, 9.17) is 15.1 Å². The normalized spacial score (nSPS) is 14.9. The molecule has 1 atom stereocenters. The number of carbonyl (C=O) groups is 1. The SMILES string of the molecule is CC[C@@H](C)c1nc(N2CCN(C(=O)c3ccc(C)cc3)CC2)c2c(C)nn(-c3ccc(C)cc3)c2n1. The van der Waals surface area contributed by atoms with E-state index in [1.54, 1.807) is 0 Å². The average Bonchev–Trinajstić information content (AvgIpc) is 3.24. The predicted octanol–water partition coefficient (Wildman–Crippen LogP) is 5.22. The van der Waals surface area contributed by atoms with Crippen molar-refractivity contribution in [2.75, 3.05) is 31.1 Å². The van der Waals surface area contributed by atoms with Gasteiger partial charge in [-0.3, -0.25) is 4.79 Å². The van der Waals surface area contributed by atoms with Crippen molar-refractivity contribution in [3.05, 3.63) is 76.7 Å². The molecule has 0 aliphatic carbocycles. The van der Waals surface area contributed by atoms with E-state index < -0.39 is 0 Å². The molecule has 36 heavy (non-hydrogen) atoms. The predicted molar refractivity (Wildman–Crippen MR) is 144 cm³/mol. The molecule has 1 amide bonds. The molecule has 0 unspecified atom stereocenters. The van der Waals surface area contributed by atoms with Gasteiger partial charge in [0.05, 0.1) is 16.8 Å². The third-order valence-electron chi connectivity index (χ3n) is 7.20. The van der Waals surface area contributed by atoms with E-state index in [0.29, 0.717) is 13.1 Å². The molecule has 186 valence electrons. The molecule has 0 bridgehead atoms. The lowest BCUT2D eigenvalue weighted by Crippen LogP contribution is -2.49. The van der Waals surface area contributed by atoms with Crippen LogP contribution < -0.4 is 4.90 Å². The van der Waals surface area contributed by atoms with Crippen LogP contribution in [0.5, 0.6) is 0 Å². The Hall–Kier alpha value is -3.74. The molecule has 0 N–H and O–H groups in total. The molecule has 2 aromatic carbocycles. The maximum Gasteiger partial charge on any atom is 0.253 e. The zero-order valence-electron chi connectivity index (χ0n) is 21.8. The highest BCUT2D eigenvalue weighted by molar-refractivity contribution is 5.95. The average molecular weight is 483 g/mol. The number of benzene rings is 2. The highest BCUT2D eigenvalue weighted by Crippen LogP contribution is 2.32. The number of rotatable bonds is 5. The summed E-state index contributed by atoms with van der Waals surface area (Å²) < 4.78 is 1.94. The Labute approximate surface area is 212 Å². The van der Waals surface area contributed by atoms with Crippen LogP contribution in [0.3, 0.4) is 0 Å². The van der Waals surface area contributed by atoms with Gasteiger partial charge in [0.2, 0.25) is 0 Å². The second-order valence-electron chi connectivity index (χ2n) is 9.89. The highest BCUT2D eigenvalue weighted by Gasteiger charge is 2.27. The zero-order chi connectivity index (χ0) is 25.4. The smallest absolute Gasteiger partial charge is 0.253 e. The Morgan fingerprint density at radius 1 is 0.889 bits per heavy atom. The lowest BCUT2D eigenvalue weighted by atomic mass is 10.1. The van der Waals surface area contributed by atoms with Crippen molar-refractivity contribution in [1.29, 1.82) is 0 Å². The van der Waals surface area contributed by atoms with Crippen LogP contribution >= 0.6 is 0 Å². The van der Waals surface area contributed by atoms with Crippen LogP contribution in [0.25, 0.3) is 16.7 Å². The first kappa shape index (κ1) is 24.0. The summed E-state index contributed by atoms with van der Waals surface area (Å²) in [6.45, 7) is 13.2. The molecule has 7 nitrogen and oxygen atoms in total. The maximum absolute atomic E-state index is 13.1. The number of carbonyl (C=O) groups excluding carboxylic acids is 1. The quantitative estimate of drug-likeness (QED) is 0.390. The number of aromatic nitrogens is 4. The van der Waals surface area contributed by atoms with Crippen LogP contribution in [0.1, 0.15) is 59.2 Å². The minimum Gasteiger partial charge on any atom is -0.352 e. The van der Waals surface area contributed by atoms with Crippen molar-refractivity contribution in [1.82, 2.24) is 24.6 Å². The van der Waals surface area contributed by atoms with E-state index in [9.17, 15) is 4.79 Å². The first-order valence-electron chi connectivity index (χ1n) is 12.8. The molecule has 0 spiro atoms. The van der Waals surface area contributed by atoms with Crippen molar-refractivity contribution < 1.29 is 4.79 Å². The second-order valence-corrected chi connectivity index (χ2v) is 9.89. The molecule has 1 fully saturated rings. The molecule has 4 aromatic rings. The summed E-state index contributed by atoms with van der Waals surface area (Å²) in [6, 6.07) is 16.2. The Balaban J connectivity index is 1.49. The molecule has 0 radical (unpaired) electrons. The van der Waals surface area contributed by atoms with Crippen LogP contribution in [0.2, 0.25) is 0 Å². The fourth-order valence-electron chi connectivity index (χ4n) is 4.68. The van der Waals surface area contributed by atoms with Gasteiger partial charge in [-0.1, -0.05) is 49.2 Å². The first-order valence-corrected chi connectivity index (χ1v) is 12.8. The van der Waals surface area contributed by atoms with E-state index in [0.717, 1.165) is 64.7 Å². The Morgan fingerprint density at radius 3 is 2.11 bits per heavy atom. The largest absolute Gasteiger partial charge is 0.352 e. The van der Waals surface area contributed by atoms with Crippen LogP contribution in [0, 0.1) is 20.8 Å². The number of aryl methyl sites for hydroxylation is 3. The van der Waals surface area contributed by atoms with E-state index in [-0.39, 0.29) is 11.8 Å². The third-order valence-corrected chi connectivity index (χ3v) is 7.20. The van der Waals surface area contributed by atoms with Crippen LogP contribution in [0.15, 0.2) is 48.5 Å². The summed E-state index contributed by atoms with van der Waals surface area (Å²) in [5.74, 6) is 2.09. The van der Waals surface area contributed by atoms with Gasteiger partial charge in [-0.2, -0.15) is 5.10 Å². The molecular weight excluding hydrogens is 448 g/mol. The third kappa shape index (κ3) is 4.45. The van der Waals surface area contributed by atoms with E-state index in [1.165, 1.54) is 5.56 Å². The Bertz CT molecular complexity index is 1380. The van der Waals surface area contributed by atoms with Crippen molar-refractivity contribution in [2.24, 2.45) is 0 Å². The number of anilines is 1. The number of nitrogens with zero attached hydrogens (tertiary/aromatic N) is 6. The van der Waals surface area contributed by atoms with Gasteiger partial charge in [0.25, 0.3) is 5.91 Å². The van der Waals surface area contributed by atoms with Crippen molar-refractivity contribution in [2.45, 2.75) is 47.0 Å². The first-order chi connectivity index (χ1) is 17.4. The molecule has 1 saturated heterocycles. The lowest BCUT2D eigenvalue weighted by Gasteiger charge is -2.36. The van der Waals surface area contributed by atoms with Gasteiger partial charge < -0.3 is 9.80 Å². The topological polar surface area (TPSA) is 67.2 Å². The van der Waals surface area contributed by atoms with E-state index >= 15 is 0 Å². The summed E-state index contributed by atoms with van der Waals surface area (Å²) in [7, 11) is 0. The van der Waals surface area contributed by atoms with Gasteiger partial charge in [0.15, 0.2) is 5.65 Å². The number of hydrogen-bond donors (Lipinski definition) is 0. The van der Waals surface area contributed by atoms with E-state index in [2.05, 4.69) is 49.9 Å². The van der Waals surface area contributed by atoms with Gasteiger partial charge in [-0.15, -0.1) is 0 Å². The van der Waals surface area contributed by atoms with Crippen LogP contribution in [0.4, 0.5) is 5.82 Å². The summed E-state index contributed by atoms with van der Waals surface area (Å²) in [6.07, 6.45) is 0.960. The van der Waals surface area contributed by atoms with Gasteiger partial charge in [0.1, 0.15) is 11.6 Å². The molecule has 1 aliphatic rings. The molecule has 7 heteroatoms.